The van der Waals surface area contributed by atoms with Crippen molar-refractivity contribution < 1.29 is 9.59 Å². The summed E-state index contributed by atoms with van der Waals surface area (Å²) in [7, 11) is 0. The molecule has 2 aromatic rings. The molecule has 0 unspecified atom stereocenters. The van der Waals surface area contributed by atoms with Gasteiger partial charge in [0.2, 0.25) is 11.8 Å². The molecule has 3 rings (SSSR count). The first-order valence-corrected chi connectivity index (χ1v) is 11.4. The molecule has 1 fully saturated rings. The summed E-state index contributed by atoms with van der Waals surface area (Å²) in [5.41, 5.74) is 8.49. The maximum absolute atomic E-state index is 13.0. The van der Waals surface area contributed by atoms with Crippen molar-refractivity contribution in [3.63, 3.8) is 0 Å². The summed E-state index contributed by atoms with van der Waals surface area (Å²) in [4.78, 5) is 25.6. The minimum absolute atomic E-state index is 0. The summed E-state index contributed by atoms with van der Waals surface area (Å²) in [5.74, 6) is -0.358. The topological polar surface area (TPSA) is 108 Å². The Bertz CT molecular complexity index is 922. The van der Waals surface area contributed by atoms with Crippen molar-refractivity contribution in [3.8, 4) is 6.07 Å². The molecule has 2 aromatic carbocycles. The van der Waals surface area contributed by atoms with Gasteiger partial charge in [0.25, 0.3) is 0 Å². The van der Waals surface area contributed by atoms with Gasteiger partial charge in [-0.15, -0.1) is 12.4 Å². The van der Waals surface area contributed by atoms with Crippen molar-refractivity contribution in [2.45, 2.75) is 57.0 Å². The lowest BCUT2D eigenvalue weighted by Crippen LogP contribution is -2.45. The second-order valence-electron chi connectivity index (χ2n) is 8.58. The molecule has 0 spiro atoms. The van der Waals surface area contributed by atoms with E-state index >= 15 is 0 Å². The Balaban J connectivity index is 0.00000385. The van der Waals surface area contributed by atoms with Crippen LogP contribution in [0.5, 0.6) is 0 Å². The molecule has 6 nitrogen and oxygen atoms in total. The number of carbonyl (C=O) groups excluding carboxylic acids is 2. The predicted molar refractivity (Wildman–Crippen MR) is 132 cm³/mol. The van der Waals surface area contributed by atoms with Gasteiger partial charge in [0.15, 0.2) is 0 Å². The molecule has 0 radical (unpaired) electrons. The summed E-state index contributed by atoms with van der Waals surface area (Å²) in [6, 6.07) is 18.1. The van der Waals surface area contributed by atoms with Crippen LogP contribution in [0.2, 0.25) is 0 Å². The van der Waals surface area contributed by atoms with E-state index in [9.17, 15) is 9.59 Å². The Hall–Kier alpha value is -2.88. The van der Waals surface area contributed by atoms with Crippen LogP contribution in [0.25, 0.3) is 0 Å². The molecular formula is C26H33ClN4O2. The number of nitriles is 1. The maximum Gasteiger partial charge on any atom is 0.236 e. The zero-order valence-corrected chi connectivity index (χ0v) is 19.7. The van der Waals surface area contributed by atoms with Gasteiger partial charge in [0.1, 0.15) is 0 Å². The van der Waals surface area contributed by atoms with Gasteiger partial charge < -0.3 is 16.4 Å². The molecule has 0 heterocycles. The number of nitrogens with zero attached hydrogens (tertiary/aromatic N) is 1. The number of amides is 2. The van der Waals surface area contributed by atoms with Crippen LogP contribution in [0.15, 0.2) is 54.6 Å². The molecule has 2 amide bonds. The van der Waals surface area contributed by atoms with Crippen LogP contribution < -0.4 is 16.4 Å². The van der Waals surface area contributed by atoms with Gasteiger partial charge in [-0.1, -0.05) is 74.6 Å². The van der Waals surface area contributed by atoms with Crippen molar-refractivity contribution >= 4 is 24.2 Å². The van der Waals surface area contributed by atoms with Crippen LogP contribution >= 0.6 is 12.4 Å². The fourth-order valence-corrected chi connectivity index (χ4v) is 4.28. The number of halogens is 1. The van der Waals surface area contributed by atoms with E-state index in [1.54, 1.807) is 12.1 Å². The van der Waals surface area contributed by atoms with Gasteiger partial charge in [-0.2, -0.15) is 5.26 Å². The van der Waals surface area contributed by atoms with E-state index in [2.05, 4.69) is 16.7 Å². The number of hydrogen-bond acceptors (Lipinski definition) is 4. The largest absolute Gasteiger partial charge is 0.354 e. The fourth-order valence-electron chi connectivity index (χ4n) is 4.28. The van der Waals surface area contributed by atoms with Gasteiger partial charge in [-0.3, -0.25) is 9.59 Å². The lowest BCUT2D eigenvalue weighted by atomic mass is 9.85. The zero-order chi connectivity index (χ0) is 22.8. The van der Waals surface area contributed by atoms with E-state index in [0.29, 0.717) is 24.4 Å². The first-order chi connectivity index (χ1) is 15.6. The van der Waals surface area contributed by atoms with E-state index in [1.165, 1.54) is 19.3 Å². The Morgan fingerprint density at radius 2 is 1.64 bits per heavy atom. The average molecular weight is 469 g/mol. The second-order valence-corrected chi connectivity index (χ2v) is 8.58. The smallest absolute Gasteiger partial charge is 0.236 e. The Kier molecular flexibility index (Phi) is 10.9. The summed E-state index contributed by atoms with van der Waals surface area (Å²) in [6.45, 7) is 0.545. The quantitative estimate of drug-likeness (QED) is 0.520. The third-order valence-electron chi connectivity index (χ3n) is 6.20. The highest BCUT2D eigenvalue weighted by atomic mass is 35.5. The number of nitrogens with one attached hydrogen (secondary N) is 2. The lowest BCUT2D eigenvalue weighted by Gasteiger charge is -2.25. The number of carbonyl (C=O) groups is 2. The van der Waals surface area contributed by atoms with Crippen LogP contribution in [0.1, 0.15) is 61.1 Å². The van der Waals surface area contributed by atoms with Crippen LogP contribution in [-0.2, 0) is 16.1 Å². The highest BCUT2D eigenvalue weighted by molar-refractivity contribution is 5.86. The van der Waals surface area contributed by atoms with Gasteiger partial charge in [-0.25, -0.2) is 0 Å². The zero-order valence-electron chi connectivity index (χ0n) is 18.8. The number of hydrogen-bond donors (Lipinski definition) is 3. The molecule has 33 heavy (non-hydrogen) atoms. The fraction of sp³-hybridized carbons (Fsp3) is 0.423. The van der Waals surface area contributed by atoms with Crippen molar-refractivity contribution in [3.05, 3.63) is 71.3 Å². The normalized spacial score (nSPS) is 15.4. The van der Waals surface area contributed by atoms with E-state index in [4.69, 9.17) is 11.0 Å². The van der Waals surface area contributed by atoms with Crippen LogP contribution in [-0.4, -0.2) is 24.4 Å². The Morgan fingerprint density at radius 1 is 0.970 bits per heavy atom. The Morgan fingerprint density at radius 3 is 2.27 bits per heavy atom. The molecule has 0 bridgehead atoms. The summed E-state index contributed by atoms with van der Waals surface area (Å²) >= 11 is 0. The van der Waals surface area contributed by atoms with E-state index in [1.807, 2.05) is 42.5 Å². The summed E-state index contributed by atoms with van der Waals surface area (Å²) in [6.07, 6.45) is 6.70. The van der Waals surface area contributed by atoms with Gasteiger partial charge in [-0.05, 0) is 35.6 Å². The van der Waals surface area contributed by atoms with Gasteiger partial charge >= 0.3 is 0 Å². The second kappa shape index (κ2) is 13.6. The van der Waals surface area contributed by atoms with E-state index < -0.39 is 12.0 Å². The van der Waals surface area contributed by atoms with Crippen LogP contribution in [0.4, 0.5) is 0 Å². The Labute approximate surface area is 202 Å². The third kappa shape index (κ3) is 8.20. The monoisotopic (exact) mass is 468 g/mol. The number of benzene rings is 2. The minimum Gasteiger partial charge on any atom is -0.354 e. The standard InChI is InChI=1S/C26H32N4O2.ClH/c27-16-20-11-13-21(14-12-20)17-29-25(31)23(22-9-5-2-6-10-22)18-30-26(32)24(28)15-19-7-3-1-4-8-19;/h2,5-6,9-14,19,23-24H,1,3-4,7-8,15,17-18,28H2,(H,29,31)(H,30,32);1H/t23-,24+;/m0./s1. The van der Waals surface area contributed by atoms with Crippen molar-refractivity contribution in [1.29, 1.82) is 5.26 Å². The number of rotatable bonds is 9. The van der Waals surface area contributed by atoms with E-state index in [0.717, 1.165) is 24.0 Å². The van der Waals surface area contributed by atoms with Crippen LogP contribution in [0, 0.1) is 17.2 Å². The first kappa shape index (κ1) is 26.4. The molecule has 0 saturated heterocycles. The van der Waals surface area contributed by atoms with E-state index in [-0.39, 0.29) is 30.8 Å². The molecule has 0 aromatic heterocycles. The molecule has 176 valence electrons. The molecule has 1 aliphatic carbocycles. The molecule has 4 N–H and O–H groups in total. The average Bonchev–Trinajstić information content (AvgIpc) is 2.84. The summed E-state index contributed by atoms with van der Waals surface area (Å²) < 4.78 is 0. The predicted octanol–water partition coefficient (Wildman–Crippen LogP) is 3.79. The molecule has 7 heteroatoms. The lowest BCUT2D eigenvalue weighted by molar-refractivity contribution is -0.124. The molecule has 2 atom stereocenters. The highest BCUT2D eigenvalue weighted by Crippen LogP contribution is 2.27. The summed E-state index contributed by atoms with van der Waals surface area (Å²) in [5, 5.41) is 14.8. The van der Waals surface area contributed by atoms with Crippen LogP contribution in [0.3, 0.4) is 0 Å². The third-order valence-corrected chi connectivity index (χ3v) is 6.20. The van der Waals surface area contributed by atoms with Crippen molar-refractivity contribution in [2.24, 2.45) is 11.7 Å². The molecular weight excluding hydrogens is 436 g/mol. The van der Waals surface area contributed by atoms with Gasteiger partial charge in [0.05, 0.1) is 23.6 Å². The first-order valence-electron chi connectivity index (χ1n) is 11.4. The molecule has 1 aliphatic rings. The maximum atomic E-state index is 13.0. The van der Waals surface area contributed by atoms with Gasteiger partial charge in [0, 0.05) is 13.1 Å². The minimum atomic E-state index is -0.545. The highest BCUT2D eigenvalue weighted by Gasteiger charge is 2.25. The SMILES string of the molecule is Cl.N#Cc1ccc(CNC(=O)[C@@H](CNC(=O)[C@H](N)CC2CCCCC2)c2ccccc2)cc1. The van der Waals surface area contributed by atoms with Crippen molar-refractivity contribution in [2.75, 3.05) is 6.54 Å². The number of nitrogens with two attached hydrogens (primary N) is 1. The van der Waals surface area contributed by atoms with Crippen molar-refractivity contribution in [1.82, 2.24) is 10.6 Å². The molecule has 0 aliphatic heterocycles. The molecule has 1 saturated carbocycles.